The van der Waals surface area contributed by atoms with E-state index in [1.807, 2.05) is 25.7 Å². The average molecular weight is 582 g/mol. The molecule has 6 nitrogen and oxygen atoms in total. The van der Waals surface area contributed by atoms with Crippen LogP contribution < -0.4 is 4.74 Å². The number of aromatic nitrogens is 2. The monoisotopic (exact) mass is 581 g/mol. The molecule has 43 heavy (non-hydrogen) atoms. The van der Waals surface area contributed by atoms with Gasteiger partial charge in [0, 0.05) is 19.6 Å². The molecule has 1 amide bonds. The van der Waals surface area contributed by atoms with Crippen molar-refractivity contribution in [3.8, 4) is 5.75 Å². The number of aryl methyl sites for hydroxylation is 1. The summed E-state index contributed by atoms with van der Waals surface area (Å²) in [6.07, 6.45) is 10.8. The zero-order valence-corrected chi connectivity index (χ0v) is 26.2. The van der Waals surface area contributed by atoms with E-state index in [4.69, 9.17) is 14.5 Å². The van der Waals surface area contributed by atoms with Crippen LogP contribution in [0, 0.1) is 5.92 Å². The van der Waals surface area contributed by atoms with Gasteiger partial charge in [0.05, 0.1) is 11.0 Å². The first-order chi connectivity index (χ1) is 20.8. The Labute approximate surface area is 256 Å². The van der Waals surface area contributed by atoms with Crippen molar-refractivity contribution in [1.29, 1.82) is 0 Å². The van der Waals surface area contributed by atoms with E-state index in [1.54, 1.807) is 0 Å². The summed E-state index contributed by atoms with van der Waals surface area (Å²) in [6, 6.07) is 21.7. The molecular weight excluding hydrogens is 534 g/mol. The first kappa shape index (κ1) is 29.5. The maximum atomic E-state index is 12.7. The number of benzene rings is 3. The number of likely N-dealkylation sites (tertiary alicyclic amines) is 1. The number of rotatable bonds is 8. The molecule has 228 valence electrons. The highest BCUT2D eigenvalue weighted by atomic mass is 16.6. The van der Waals surface area contributed by atoms with Crippen LogP contribution in [-0.4, -0.2) is 39.2 Å². The Hall–Kier alpha value is -3.54. The van der Waals surface area contributed by atoms with Gasteiger partial charge in [-0.1, -0.05) is 55.7 Å². The van der Waals surface area contributed by atoms with E-state index in [1.165, 1.54) is 48.4 Å². The van der Waals surface area contributed by atoms with E-state index in [-0.39, 0.29) is 6.09 Å². The Morgan fingerprint density at radius 1 is 0.930 bits per heavy atom. The second-order valence-electron chi connectivity index (χ2n) is 13.6. The fourth-order valence-electron chi connectivity index (χ4n) is 6.97. The van der Waals surface area contributed by atoms with Crippen molar-refractivity contribution in [3.05, 3.63) is 72.1 Å². The summed E-state index contributed by atoms with van der Waals surface area (Å²) >= 11 is 0. The van der Waals surface area contributed by atoms with Gasteiger partial charge in [0.2, 0.25) is 0 Å². The number of hydrogen-bond donors (Lipinski definition) is 0. The fraction of sp³-hybridized carbons (Fsp3) is 0.514. The Bertz CT molecular complexity index is 1530. The van der Waals surface area contributed by atoms with Gasteiger partial charge in [0.15, 0.2) is 0 Å². The van der Waals surface area contributed by atoms with Crippen molar-refractivity contribution in [1.82, 2.24) is 14.5 Å². The standard InChI is InChI=1S/C37H47N3O3/c1-37(2,3)43-36(41)39-21-9-11-27(25-39)12-10-22-40-34-24-31-16-8-7-15-30(31)23-33(34)38-35(40)26-42-32-19-17-29(18-20-32)28-13-5-4-6-14-28/h7-8,15-20,23-24,27-28H,4-6,9-14,21-22,25-26H2,1-3H3. The average Bonchev–Trinajstić information content (AvgIpc) is 3.35. The molecule has 3 aromatic carbocycles. The SMILES string of the molecule is CC(C)(C)OC(=O)N1CCCC(CCCn2c(COc3ccc(C4CCCCC4)cc3)nc3cc4ccccc4cc32)C1. The maximum absolute atomic E-state index is 12.7. The molecule has 0 radical (unpaired) electrons. The van der Waals surface area contributed by atoms with Gasteiger partial charge >= 0.3 is 6.09 Å². The van der Waals surface area contributed by atoms with Gasteiger partial charge in [-0.25, -0.2) is 9.78 Å². The van der Waals surface area contributed by atoms with Crippen molar-refractivity contribution in [3.63, 3.8) is 0 Å². The van der Waals surface area contributed by atoms with Gasteiger partial charge in [0.1, 0.15) is 23.8 Å². The highest BCUT2D eigenvalue weighted by molar-refractivity contribution is 5.95. The maximum Gasteiger partial charge on any atom is 0.410 e. The van der Waals surface area contributed by atoms with E-state index in [2.05, 4.69) is 65.2 Å². The minimum Gasteiger partial charge on any atom is -0.486 e. The van der Waals surface area contributed by atoms with E-state index in [0.717, 1.165) is 67.9 Å². The van der Waals surface area contributed by atoms with Crippen LogP contribution in [0.15, 0.2) is 60.7 Å². The molecule has 2 aliphatic rings. The summed E-state index contributed by atoms with van der Waals surface area (Å²) in [5.74, 6) is 3.04. The van der Waals surface area contributed by atoms with Crippen LogP contribution in [-0.2, 0) is 17.9 Å². The van der Waals surface area contributed by atoms with Crippen LogP contribution in [0.4, 0.5) is 4.79 Å². The van der Waals surface area contributed by atoms with Crippen LogP contribution in [0.25, 0.3) is 21.8 Å². The Kier molecular flexibility index (Phi) is 8.92. The predicted octanol–water partition coefficient (Wildman–Crippen LogP) is 9.24. The summed E-state index contributed by atoms with van der Waals surface area (Å²) in [5.41, 5.74) is 3.15. The number of hydrogen-bond acceptors (Lipinski definition) is 4. The van der Waals surface area contributed by atoms with Gasteiger partial charge in [-0.05, 0) is 112 Å². The van der Waals surface area contributed by atoms with Crippen molar-refractivity contribution in [2.24, 2.45) is 5.92 Å². The molecule has 6 heteroatoms. The van der Waals surface area contributed by atoms with Crippen molar-refractivity contribution in [2.75, 3.05) is 13.1 Å². The highest BCUT2D eigenvalue weighted by Gasteiger charge is 2.27. The summed E-state index contributed by atoms with van der Waals surface area (Å²) in [5, 5.41) is 2.43. The number of fused-ring (bicyclic) bond motifs is 2. The molecule has 1 aliphatic heterocycles. The third-order valence-corrected chi connectivity index (χ3v) is 9.18. The van der Waals surface area contributed by atoms with Crippen LogP contribution in [0.5, 0.6) is 5.75 Å². The lowest BCUT2D eigenvalue weighted by atomic mass is 9.84. The smallest absolute Gasteiger partial charge is 0.410 e. The number of carbonyl (C=O) groups excluding carboxylic acids is 1. The van der Waals surface area contributed by atoms with Crippen LogP contribution in [0.1, 0.15) is 95.9 Å². The predicted molar refractivity (Wildman–Crippen MR) is 174 cm³/mol. The number of carbonyl (C=O) groups is 1. The molecule has 0 spiro atoms. The lowest BCUT2D eigenvalue weighted by Gasteiger charge is -2.34. The molecule has 1 saturated carbocycles. The Morgan fingerprint density at radius 3 is 2.42 bits per heavy atom. The quantitative estimate of drug-likeness (QED) is 0.208. The highest BCUT2D eigenvalue weighted by Crippen LogP contribution is 2.33. The number of imidazole rings is 1. The first-order valence-corrected chi connectivity index (χ1v) is 16.4. The third kappa shape index (κ3) is 7.34. The second kappa shape index (κ2) is 13.0. The van der Waals surface area contributed by atoms with Crippen molar-refractivity contribution < 1.29 is 14.3 Å². The fourth-order valence-corrected chi connectivity index (χ4v) is 6.97. The molecule has 0 N–H and O–H groups in total. The van der Waals surface area contributed by atoms with E-state index in [9.17, 15) is 4.79 Å². The molecule has 0 bridgehead atoms. The molecule has 2 fully saturated rings. The third-order valence-electron chi connectivity index (χ3n) is 9.18. The number of ether oxygens (including phenoxy) is 2. The Balaban J connectivity index is 1.15. The van der Waals surface area contributed by atoms with Gasteiger partial charge < -0.3 is 18.9 Å². The largest absolute Gasteiger partial charge is 0.486 e. The van der Waals surface area contributed by atoms with E-state index in [0.29, 0.717) is 18.4 Å². The first-order valence-electron chi connectivity index (χ1n) is 16.4. The van der Waals surface area contributed by atoms with Gasteiger partial charge in [0.25, 0.3) is 0 Å². The lowest BCUT2D eigenvalue weighted by Crippen LogP contribution is -2.42. The number of amides is 1. The zero-order valence-electron chi connectivity index (χ0n) is 26.2. The van der Waals surface area contributed by atoms with Gasteiger partial charge in [-0.2, -0.15) is 0 Å². The van der Waals surface area contributed by atoms with Crippen molar-refractivity contribution in [2.45, 2.75) is 103 Å². The topological polar surface area (TPSA) is 56.6 Å². The zero-order chi connectivity index (χ0) is 29.8. The molecule has 1 unspecified atom stereocenters. The number of nitrogens with zero attached hydrogens (tertiary/aromatic N) is 3. The van der Waals surface area contributed by atoms with Crippen LogP contribution in [0.2, 0.25) is 0 Å². The summed E-state index contributed by atoms with van der Waals surface area (Å²) < 4.78 is 14.3. The summed E-state index contributed by atoms with van der Waals surface area (Å²) in [4.78, 5) is 19.7. The molecular formula is C37H47N3O3. The van der Waals surface area contributed by atoms with Gasteiger partial charge in [-0.15, -0.1) is 0 Å². The summed E-state index contributed by atoms with van der Waals surface area (Å²) in [7, 11) is 0. The van der Waals surface area contributed by atoms with Crippen molar-refractivity contribution >= 4 is 27.9 Å². The number of piperidine rings is 1. The molecule has 6 rings (SSSR count). The molecule has 1 aromatic heterocycles. The molecule has 1 saturated heterocycles. The normalized spacial score (nSPS) is 18.3. The van der Waals surface area contributed by atoms with E-state index >= 15 is 0 Å². The molecule has 2 heterocycles. The minimum absolute atomic E-state index is 0.184. The Morgan fingerprint density at radius 2 is 1.67 bits per heavy atom. The van der Waals surface area contributed by atoms with E-state index < -0.39 is 5.60 Å². The molecule has 1 aliphatic carbocycles. The summed E-state index contributed by atoms with van der Waals surface area (Å²) in [6.45, 7) is 8.65. The lowest BCUT2D eigenvalue weighted by molar-refractivity contribution is 0.0160. The molecule has 4 aromatic rings. The van der Waals surface area contributed by atoms with Crippen LogP contribution in [0.3, 0.4) is 0 Å². The minimum atomic E-state index is -0.466. The second-order valence-corrected chi connectivity index (χ2v) is 13.6. The van der Waals surface area contributed by atoms with Crippen LogP contribution >= 0.6 is 0 Å². The van der Waals surface area contributed by atoms with Gasteiger partial charge in [-0.3, -0.25) is 0 Å². The molecule has 1 atom stereocenters.